The van der Waals surface area contributed by atoms with E-state index in [0.717, 1.165) is 14.9 Å². The van der Waals surface area contributed by atoms with Crippen molar-refractivity contribution < 1.29 is 4.39 Å². The third-order valence-electron chi connectivity index (χ3n) is 4.48. The van der Waals surface area contributed by atoms with Crippen LogP contribution in [0.4, 0.5) is 15.9 Å². The lowest BCUT2D eigenvalue weighted by Gasteiger charge is -2.12. The summed E-state index contributed by atoms with van der Waals surface area (Å²) in [6, 6.07) is 9.04. The van der Waals surface area contributed by atoms with E-state index in [0.29, 0.717) is 38.7 Å². The quantitative estimate of drug-likeness (QED) is 0.332. The Bertz CT molecular complexity index is 1240. The lowest BCUT2D eigenvalue weighted by atomic mass is 10.0. The first-order chi connectivity index (χ1) is 13.9. The van der Waals surface area contributed by atoms with Gasteiger partial charge in [0.15, 0.2) is 5.82 Å². The molecule has 0 spiro atoms. The van der Waals surface area contributed by atoms with Crippen molar-refractivity contribution in [1.82, 2.24) is 14.5 Å². The Morgan fingerprint density at radius 1 is 1.24 bits per heavy atom. The number of aromatic nitrogens is 3. The van der Waals surface area contributed by atoms with Crippen molar-refractivity contribution in [2.45, 2.75) is 11.8 Å². The Morgan fingerprint density at radius 2 is 2.03 bits per heavy atom. The van der Waals surface area contributed by atoms with Crippen molar-refractivity contribution in [2.75, 3.05) is 10.5 Å². The molecular weight excluding hydrogens is 477 g/mol. The van der Waals surface area contributed by atoms with Crippen molar-refractivity contribution in [2.24, 2.45) is 7.05 Å². The molecule has 0 saturated heterocycles. The summed E-state index contributed by atoms with van der Waals surface area (Å²) < 4.78 is 21.1. The molecule has 2 aromatic heterocycles. The smallest absolute Gasteiger partial charge is 0.155 e. The summed E-state index contributed by atoms with van der Waals surface area (Å²) in [4.78, 5) is 9.10. The van der Waals surface area contributed by atoms with Gasteiger partial charge in [-0.3, -0.25) is 0 Å². The highest BCUT2D eigenvalue weighted by Gasteiger charge is 2.18. The van der Waals surface area contributed by atoms with Crippen LogP contribution in [0.3, 0.4) is 0 Å². The van der Waals surface area contributed by atoms with Crippen molar-refractivity contribution in [1.29, 1.82) is 0 Å². The number of fused-ring (bicyclic) bond motifs is 1. The first-order valence-corrected chi connectivity index (χ1v) is 10.6. The van der Waals surface area contributed by atoms with E-state index in [9.17, 15) is 0 Å². The standard InChI is InChI=1S/C20H16BrClFN5S/c1-10-6-13(21)17(22)15(7-10)29-27-14-5-3-4-11(18(14)23)12-8-28(2)20-16(12)19(24)25-9-26-20/h3-9,27H,1-2H3,(H2,24,25,26). The Balaban J connectivity index is 1.73. The monoisotopic (exact) mass is 491 g/mol. The SMILES string of the molecule is Cc1cc(Br)c(Cl)c(SNc2cccc(-c3cn(C)c4ncnc(N)c34)c2F)c1. The molecule has 0 aliphatic carbocycles. The van der Waals surface area contributed by atoms with E-state index in [1.807, 2.05) is 26.1 Å². The van der Waals surface area contributed by atoms with Gasteiger partial charge in [0.05, 0.1) is 16.1 Å². The summed E-state index contributed by atoms with van der Waals surface area (Å²) in [6.45, 7) is 1.97. The van der Waals surface area contributed by atoms with E-state index < -0.39 is 5.82 Å². The van der Waals surface area contributed by atoms with Crippen LogP contribution >= 0.6 is 39.5 Å². The van der Waals surface area contributed by atoms with Crippen LogP contribution in [0.1, 0.15) is 5.56 Å². The maximum atomic E-state index is 15.4. The van der Waals surface area contributed by atoms with Gasteiger partial charge in [-0.25, -0.2) is 14.4 Å². The summed E-state index contributed by atoms with van der Waals surface area (Å²) in [7, 11) is 1.84. The topological polar surface area (TPSA) is 68.8 Å². The molecule has 4 rings (SSSR count). The molecule has 3 N–H and O–H groups in total. The molecule has 9 heteroatoms. The molecule has 0 radical (unpaired) electrons. The Kier molecular flexibility index (Phi) is 5.42. The third kappa shape index (κ3) is 3.68. The van der Waals surface area contributed by atoms with Crippen LogP contribution in [-0.2, 0) is 7.05 Å². The molecule has 0 bridgehead atoms. The lowest BCUT2D eigenvalue weighted by Crippen LogP contribution is -1.96. The number of hydrogen-bond donors (Lipinski definition) is 2. The zero-order chi connectivity index (χ0) is 20.7. The summed E-state index contributed by atoms with van der Waals surface area (Å²) in [5, 5.41) is 1.20. The second-order valence-corrected chi connectivity index (χ2v) is 8.62. The van der Waals surface area contributed by atoms with E-state index in [1.54, 1.807) is 29.0 Å². The molecule has 4 aromatic rings. The second-order valence-electron chi connectivity index (χ2n) is 6.54. The van der Waals surface area contributed by atoms with E-state index in [4.69, 9.17) is 17.3 Å². The highest BCUT2D eigenvalue weighted by Crippen LogP contribution is 2.38. The van der Waals surface area contributed by atoms with E-state index in [2.05, 4.69) is 30.6 Å². The Morgan fingerprint density at radius 3 is 2.83 bits per heavy atom. The summed E-state index contributed by atoms with van der Waals surface area (Å²) in [6.07, 6.45) is 3.20. The van der Waals surface area contributed by atoms with Crippen molar-refractivity contribution in [3.05, 3.63) is 63.7 Å². The normalized spacial score (nSPS) is 11.2. The number of halogens is 3. The van der Waals surface area contributed by atoms with Crippen LogP contribution in [-0.4, -0.2) is 14.5 Å². The Labute approximate surface area is 184 Å². The molecule has 0 amide bonds. The van der Waals surface area contributed by atoms with Crippen LogP contribution in [0.25, 0.3) is 22.2 Å². The van der Waals surface area contributed by atoms with Crippen LogP contribution < -0.4 is 10.5 Å². The molecule has 5 nitrogen and oxygen atoms in total. The van der Waals surface area contributed by atoms with Gasteiger partial charge in [0, 0.05) is 33.7 Å². The van der Waals surface area contributed by atoms with Crippen LogP contribution in [0.15, 0.2) is 52.2 Å². The van der Waals surface area contributed by atoms with Gasteiger partial charge < -0.3 is 15.0 Å². The number of aryl methyl sites for hydroxylation is 2. The molecule has 0 atom stereocenters. The van der Waals surface area contributed by atoms with Gasteiger partial charge in [-0.1, -0.05) is 23.7 Å². The minimum absolute atomic E-state index is 0.314. The minimum Gasteiger partial charge on any atom is -0.383 e. The molecule has 0 saturated carbocycles. The third-order valence-corrected chi connectivity index (χ3v) is 6.72. The van der Waals surface area contributed by atoms with Gasteiger partial charge in [-0.05, 0) is 58.6 Å². The van der Waals surface area contributed by atoms with Crippen molar-refractivity contribution in [3.8, 4) is 11.1 Å². The largest absolute Gasteiger partial charge is 0.383 e. The zero-order valence-corrected chi connectivity index (χ0v) is 18.7. The maximum absolute atomic E-state index is 15.4. The van der Waals surface area contributed by atoms with Crippen molar-refractivity contribution in [3.63, 3.8) is 0 Å². The van der Waals surface area contributed by atoms with Crippen LogP contribution in [0, 0.1) is 12.7 Å². The summed E-state index contributed by atoms with van der Waals surface area (Å²) in [5.41, 5.74) is 9.15. The maximum Gasteiger partial charge on any atom is 0.155 e. The van der Waals surface area contributed by atoms with Crippen LogP contribution in [0.5, 0.6) is 0 Å². The van der Waals surface area contributed by atoms with Gasteiger partial charge >= 0.3 is 0 Å². The highest BCUT2D eigenvalue weighted by atomic mass is 79.9. The molecule has 2 heterocycles. The number of nitrogens with two attached hydrogens (primary N) is 1. The van der Waals surface area contributed by atoms with E-state index >= 15 is 4.39 Å². The molecule has 0 aliphatic rings. The van der Waals surface area contributed by atoms with Gasteiger partial charge in [0.2, 0.25) is 0 Å². The lowest BCUT2D eigenvalue weighted by molar-refractivity contribution is 0.636. The summed E-state index contributed by atoms with van der Waals surface area (Å²) >= 11 is 11.0. The molecule has 2 aromatic carbocycles. The van der Waals surface area contributed by atoms with E-state index in [-0.39, 0.29) is 0 Å². The zero-order valence-electron chi connectivity index (χ0n) is 15.5. The number of nitrogens with zero attached hydrogens (tertiary/aromatic N) is 3. The number of hydrogen-bond acceptors (Lipinski definition) is 5. The highest BCUT2D eigenvalue weighted by molar-refractivity contribution is 9.10. The number of nitrogens with one attached hydrogen (secondary N) is 1. The fourth-order valence-corrected chi connectivity index (χ4v) is 4.89. The number of anilines is 2. The van der Waals surface area contributed by atoms with Gasteiger partial charge in [-0.15, -0.1) is 0 Å². The first kappa shape index (κ1) is 20.0. The first-order valence-electron chi connectivity index (χ1n) is 8.59. The van der Waals surface area contributed by atoms with E-state index in [1.165, 1.54) is 18.3 Å². The molecule has 29 heavy (non-hydrogen) atoms. The fraction of sp³-hybridized carbons (Fsp3) is 0.100. The fourth-order valence-electron chi connectivity index (χ4n) is 3.13. The molecular formula is C20H16BrClFN5S. The predicted octanol–water partition coefficient (Wildman–Crippen LogP) is 6.20. The van der Waals surface area contributed by atoms with Gasteiger partial charge in [0.1, 0.15) is 17.8 Å². The minimum atomic E-state index is -0.390. The predicted molar refractivity (Wildman–Crippen MR) is 122 cm³/mol. The number of benzene rings is 2. The summed E-state index contributed by atoms with van der Waals surface area (Å²) in [5.74, 6) is -0.0762. The number of rotatable bonds is 4. The molecule has 0 unspecified atom stereocenters. The van der Waals surface area contributed by atoms with Gasteiger partial charge in [0.25, 0.3) is 0 Å². The molecule has 0 fully saturated rings. The number of nitrogen functional groups attached to an aromatic ring is 1. The van der Waals surface area contributed by atoms with Crippen molar-refractivity contribution >= 4 is 62.0 Å². The molecule has 0 aliphatic heterocycles. The average Bonchev–Trinajstić information content (AvgIpc) is 3.02. The average molecular weight is 493 g/mol. The second kappa shape index (κ2) is 7.85. The Hall–Kier alpha value is -2.29. The van der Waals surface area contributed by atoms with Crippen LogP contribution in [0.2, 0.25) is 5.02 Å². The van der Waals surface area contributed by atoms with Gasteiger partial charge in [-0.2, -0.15) is 0 Å². The molecule has 148 valence electrons.